The molecule has 19 heavy (non-hydrogen) atoms. The third kappa shape index (κ3) is 2.76. The van der Waals surface area contributed by atoms with E-state index in [1.807, 2.05) is 26.0 Å². The number of benzene rings is 1. The Kier molecular flexibility index (Phi) is 3.85. The van der Waals surface area contributed by atoms with Gasteiger partial charge < -0.3 is 9.73 Å². The third-order valence-electron chi connectivity index (χ3n) is 3.09. The molecule has 102 valence electrons. The zero-order valence-electron chi connectivity index (χ0n) is 11.6. The fourth-order valence-electron chi connectivity index (χ4n) is 1.94. The topological polar surface area (TPSA) is 42.2 Å². The van der Waals surface area contributed by atoms with Gasteiger partial charge in [0.1, 0.15) is 5.58 Å². The van der Waals surface area contributed by atoms with Crippen LogP contribution in [0, 0.1) is 19.8 Å². The van der Waals surface area contributed by atoms with E-state index in [1.54, 1.807) is 0 Å². The van der Waals surface area contributed by atoms with E-state index < -0.39 is 0 Å². The van der Waals surface area contributed by atoms with E-state index in [-0.39, 0.29) is 5.91 Å². The molecule has 0 aliphatic heterocycles. The molecule has 1 amide bonds. The Bertz CT molecular complexity index is 629. The number of carbonyl (C=O) groups is 1. The first-order chi connectivity index (χ1) is 8.90. The highest BCUT2D eigenvalue weighted by atomic mass is 35.5. The zero-order valence-corrected chi connectivity index (χ0v) is 12.4. The number of furan rings is 1. The lowest BCUT2D eigenvalue weighted by molar-refractivity contribution is 0.0922. The lowest BCUT2D eigenvalue weighted by atomic mass is 10.1. The SMILES string of the molecule is Cc1cc2oc(C(=O)NCC(C)C)c(C)c2cc1Cl. The summed E-state index contributed by atoms with van der Waals surface area (Å²) in [6.07, 6.45) is 0. The molecule has 1 aromatic carbocycles. The summed E-state index contributed by atoms with van der Waals surface area (Å²) in [5.74, 6) is 0.610. The molecule has 0 bridgehead atoms. The number of aryl methyl sites for hydroxylation is 2. The molecule has 0 aliphatic carbocycles. The van der Waals surface area contributed by atoms with Gasteiger partial charge in [0, 0.05) is 22.5 Å². The van der Waals surface area contributed by atoms with E-state index in [9.17, 15) is 4.79 Å². The van der Waals surface area contributed by atoms with Crippen LogP contribution in [0.25, 0.3) is 11.0 Å². The van der Waals surface area contributed by atoms with Gasteiger partial charge >= 0.3 is 0 Å². The second-order valence-corrected chi connectivity index (χ2v) is 5.66. The minimum absolute atomic E-state index is 0.170. The van der Waals surface area contributed by atoms with Gasteiger partial charge in [-0.1, -0.05) is 25.4 Å². The molecule has 3 nitrogen and oxygen atoms in total. The standard InChI is InChI=1S/C15H18ClNO2/c1-8(2)7-17-15(18)14-10(4)11-6-12(16)9(3)5-13(11)19-14/h5-6,8H,7H2,1-4H3,(H,17,18). The molecule has 1 N–H and O–H groups in total. The van der Waals surface area contributed by atoms with E-state index in [0.717, 1.165) is 16.5 Å². The van der Waals surface area contributed by atoms with Crippen LogP contribution in [0.4, 0.5) is 0 Å². The normalized spacial score (nSPS) is 11.3. The molecule has 4 heteroatoms. The predicted molar refractivity (Wildman–Crippen MR) is 77.9 cm³/mol. The Hall–Kier alpha value is -1.48. The average Bonchev–Trinajstić information content (AvgIpc) is 2.65. The molecule has 0 unspecified atom stereocenters. The van der Waals surface area contributed by atoms with E-state index >= 15 is 0 Å². The van der Waals surface area contributed by atoms with Crippen LogP contribution in [0.5, 0.6) is 0 Å². The molecule has 0 radical (unpaired) electrons. The summed E-state index contributed by atoms with van der Waals surface area (Å²) in [4.78, 5) is 12.1. The van der Waals surface area contributed by atoms with E-state index in [2.05, 4.69) is 19.2 Å². The lowest BCUT2D eigenvalue weighted by Gasteiger charge is -2.05. The van der Waals surface area contributed by atoms with Gasteiger partial charge in [-0.25, -0.2) is 0 Å². The molecular weight excluding hydrogens is 262 g/mol. The van der Waals surface area contributed by atoms with Gasteiger partial charge in [-0.05, 0) is 37.5 Å². The second-order valence-electron chi connectivity index (χ2n) is 5.26. The maximum absolute atomic E-state index is 12.1. The fraction of sp³-hybridized carbons (Fsp3) is 0.400. The number of rotatable bonds is 3. The third-order valence-corrected chi connectivity index (χ3v) is 3.50. The van der Waals surface area contributed by atoms with Crippen LogP contribution < -0.4 is 5.32 Å². The highest BCUT2D eigenvalue weighted by Gasteiger charge is 2.18. The summed E-state index contributed by atoms with van der Waals surface area (Å²) in [5.41, 5.74) is 2.48. The molecule has 2 aromatic rings. The molecule has 0 atom stereocenters. The summed E-state index contributed by atoms with van der Waals surface area (Å²) in [5, 5.41) is 4.44. The molecule has 0 saturated carbocycles. The molecule has 1 aromatic heterocycles. The minimum atomic E-state index is -0.170. The van der Waals surface area contributed by atoms with Gasteiger partial charge in [0.15, 0.2) is 5.76 Å². The minimum Gasteiger partial charge on any atom is -0.451 e. The quantitative estimate of drug-likeness (QED) is 0.919. The average molecular weight is 280 g/mol. The summed E-state index contributed by atoms with van der Waals surface area (Å²) in [6.45, 7) is 8.53. The molecule has 0 aliphatic rings. The van der Waals surface area contributed by atoms with Crippen LogP contribution in [0.1, 0.15) is 35.5 Å². The number of hydrogen-bond donors (Lipinski definition) is 1. The van der Waals surface area contributed by atoms with Crippen LogP contribution in [-0.2, 0) is 0 Å². The van der Waals surface area contributed by atoms with Gasteiger partial charge in [-0.15, -0.1) is 0 Å². The van der Waals surface area contributed by atoms with Crippen molar-refractivity contribution in [3.63, 3.8) is 0 Å². The van der Waals surface area contributed by atoms with Gasteiger partial charge in [0.2, 0.25) is 0 Å². The Labute approximate surface area is 117 Å². The number of fused-ring (bicyclic) bond motifs is 1. The van der Waals surface area contributed by atoms with Crippen LogP contribution >= 0.6 is 11.6 Å². The summed E-state index contributed by atoms with van der Waals surface area (Å²) >= 11 is 6.11. The van der Waals surface area contributed by atoms with Crippen molar-refractivity contribution in [3.05, 3.63) is 34.0 Å². The van der Waals surface area contributed by atoms with Crippen LogP contribution in [0.2, 0.25) is 5.02 Å². The van der Waals surface area contributed by atoms with E-state index in [4.69, 9.17) is 16.0 Å². The molecule has 2 rings (SSSR count). The number of hydrogen-bond acceptors (Lipinski definition) is 2. The Morgan fingerprint density at radius 1 is 1.37 bits per heavy atom. The van der Waals surface area contributed by atoms with Crippen molar-refractivity contribution in [2.24, 2.45) is 5.92 Å². The maximum Gasteiger partial charge on any atom is 0.287 e. The highest BCUT2D eigenvalue weighted by Crippen LogP contribution is 2.30. The van der Waals surface area contributed by atoms with Crippen molar-refractivity contribution < 1.29 is 9.21 Å². The molecule has 0 saturated heterocycles. The van der Waals surface area contributed by atoms with Gasteiger partial charge in [0.25, 0.3) is 5.91 Å². The smallest absolute Gasteiger partial charge is 0.287 e. The zero-order chi connectivity index (χ0) is 14.2. The van der Waals surface area contributed by atoms with Crippen molar-refractivity contribution in [3.8, 4) is 0 Å². The first-order valence-corrected chi connectivity index (χ1v) is 6.75. The fourth-order valence-corrected chi connectivity index (χ4v) is 2.10. The highest BCUT2D eigenvalue weighted by molar-refractivity contribution is 6.32. The molecule has 0 spiro atoms. The molecule has 1 heterocycles. The Morgan fingerprint density at radius 3 is 2.68 bits per heavy atom. The van der Waals surface area contributed by atoms with Crippen LogP contribution in [0.3, 0.4) is 0 Å². The van der Waals surface area contributed by atoms with E-state index in [1.165, 1.54) is 0 Å². The summed E-state index contributed by atoms with van der Waals surface area (Å²) in [6, 6.07) is 3.72. The second kappa shape index (κ2) is 5.25. The largest absolute Gasteiger partial charge is 0.451 e. The maximum atomic E-state index is 12.1. The number of carbonyl (C=O) groups excluding carboxylic acids is 1. The predicted octanol–water partition coefficient (Wildman–Crippen LogP) is 4.09. The van der Waals surface area contributed by atoms with Crippen molar-refractivity contribution in [2.45, 2.75) is 27.7 Å². The molecular formula is C15H18ClNO2. The molecule has 0 fully saturated rings. The Balaban J connectivity index is 2.39. The van der Waals surface area contributed by atoms with Crippen molar-refractivity contribution in [1.82, 2.24) is 5.32 Å². The van der Waals surface area contributed by atoms with E-state index in [0.29, 0.717) is 28.8 Å². The lowest BCUT2D eigenvalue weighted by Crippen LogP contribution is -2.27. The number of amides is 1. The van der Waals surface area contributed by atoms with Crippen LogP contribution in [0.15, 0.2) is 16.5 Å². The Morgan fingerprint density at radius 2 is 2.05 bits per heavy atom. The number of nitrogens with one attached hydrogen (secondary N) is 1. The van der Waals surface area contributed by atoms with Crippen molar-refractivity contribution >= 4 is 28.5 Å². The first kappa shape index (κ1) is 13.9. The van der Waals surface area contributed by atoms with Gasteiger partial charge in [0.05, 0.1) is 0 Å². The summed E-state index contributed by atoms with van der Waals surface area (Å²) in [7, 11) is 0. The first-order valence-electron chi connectivity index (χ1n) is 6.37. The summed E-state index contributed by atoms with van der Waals surface area (Å²) < 4.78 is 5.66. The monoisotopic (exact) mass is 279 g/mol. The van der Waals surface area contributed by atoms with Crippen molar-refractivity contribution in [1.29, 1.82) is 0 Å². The van der Waals surface area contributed by atoms with Gasteiger partial charge in [-0.2, -0.15) is 0 Å². The van der Waals surface area contributed by atoms with Crippen LogP contribution in [-0.4, -0.2) is 12.5 Å². The van der Waals surface area contributed by atoms with Crippen molar-refractivity contribution in [2.75, 3.05) is 6.54 Å². The number of halogens is 1. The van der Waals surface area contributed by atoms with Gasteiger partial charge in [-0.3, -0.25) is 4.79 Å².